The molecule has 0 radical (unpaired) electrons. The lowest BCUT2D eigenvalue weighted by Gasteiger charge is -2.17. The molecule has 11 heteroatoms. The van der Waals surface area contributed by atoms with Crippen molar-refractivity contribution in [3.63, 3.8) is 0 Å². The highest BCUT2D eigenvalue weighted by molar-refractivity contribution is 7.92. The van der Waals surface area contributed by atoms with E-state index in [-0.39, 0.29) is 33.6 Å². The number of nitrogens with one attached hydrogen (secondary N) is 1. The molecule has 9 nitrogen and oxygen atoms in total. The maximum atomic E-state index is 13.9. The minimum Gasteiger partial charge on any atom is -0.493 e. The van der Waals surface area contributed by atoms with E-state index in [1.54, 1.807) is 4.90 Å². The van der Waals surface area contributed by atoms with Crippen LogP contribution in [-0.2, 0) is 19.6 Å². The van der Waals surface area contributed by atoms with Gasteiger partial charge in [-0.05, 0) is 31.0 Å². The lowest BCUT2D eigenvalue weighted by atomic mass is 10.2. The number of carbonyl (C=O) groups excluding carboxylic acids is 2. The standard InChI is InChI=1S/C21H23FN2O7S/c1-29-18-12-14(32(27,28)23-17-8-4-3-7-16(17)22)11-15(20(18)30-2)21(26)31-13-19(25)24-9-5-6-10-24/h3-4,7-8,11-12,23H,5-6,9-10,13H2,1-2H3. The smallest absolute Gasteiger partial charge is 0.342 e. The number of benzene rings is 2. The maximum Gasteiger partial charge on any atom is 0.342 e. The van der Waals surface area contributed by atoms with Gasteiger partial charge < -0.3 is 19.1 Å². The van der Waals surface area contributed by atoms with Crippen LogP contribution in [0.2, 0.25) is 0 Å². The molecule has 32 heavy (non-hydrogen) atoms. The van der Waals surface area contributed by atoms with Crippen molar-refractivity contribution in [2.45, 2.75) is 17.7 Å². The number of likely N-dealkylation sites (tertiary alicyclic amines) is 1. The second-order valence-electron chi connectivity index (χ2n) is 6.96. The number of sulfonamides is 1. The lowest BCUT2D eigenvalue weighted by Crippen LogP contribution is -2.32. The van der Waals surface area contributed by atoms with Crippen molar-refractivity contribution in [1.82, 2.24) is 4.90 Å². The fraction of sp³-hybridized carbons (Fsp3) is 0.333. The summed E-state index contributed by atoms with van der Waals surface area (Å²) in [6.45, 7) is 0.709. The van der Waals surface area contributed by atoms with Gasteiger partial charge in [0, 0.05) is 19.2 Å². The highest BCUT2D eigenvalue weighted by atomic mass is 32.2. The molecule has 1 aliphatic rings. The van der Waals surface area contributed by atoms with Crippen molar-refractivity contribution in [3.8, 4) is 11.5 Å². The number of para-hydroxylation sites is 1. The van der Waals surface area contributed by atoms with Gasteiger partial charge in [0.2, 0.25) is 0 Å². The second-order valence-corrected chi connectivity index (χ2v) is 8.64. The molecule has 3 rings (SSSR count). The van der Waals surface area contributed by atoms with Crippen LogP contribution in [0.3, 0.4) is 0 Å². The fourth-order valence-corrected chi connectivity index (χ4v) is 4.36. The predicted molar refractivity (Wildman–Crippen MR) is 113 cm³/mol. The summed E-state index contributed by atoms with van der Waals surface area (Å²) < 4.78 is 57.2. The van der Waals surface area contributed by atoms with Crippen molar-refractivity contribution in [2.75, 3.05) is 38.6 Å². The molecule has 1 fully saturated rings. The first kappa shape index (κ1) is 23.3. The Balaban J connectivity index is 1.90. The van der Waals surface area contributed by atoms with Gasteiger partial charge in [0.1, 0.15) is 11.4 Å². The summed E-state index contributed by atoms with van der Waals surface area (Å²) in [7, 11) is -1.76. The zero-order chi connectivity index (χ0) is 23.3. The summed E-state index contributed by atoms with van der Waals surface area (Å²) in [5.41, 5.74) is -0.516. The molecular weight excluding hydrogens is 443 g/mol. The second kappa shape index (κ2) is 9.86. The van der Waals surface area contributed by atoms with Gasteiger partial charge in [-0.2, -0.15) is 0 Å². The van der Waals surface area contributed by atoms with Crippen molar-refractivity contribution in [3.05, 3.63) is 47.8 Å². The molecule has 0 bridgehead atoms. The SMILES string of the molecule is COc1cc(S(=O)(=O)Nc2ccccc2F)cc(C(=O)OCC(=O)N2CCCC2)c1OC. The fourth-order valence-electron chi connectivity index (χ4n) is 3.26. The Morgan fingerprint density at radius 3 is 2.41 bits per heavy atom. The Morgan fingerprint density at radius 2 is 1.78 bits per heavy atom. The molecule has 2 aromatic rings. The first-order valence-corrected chi connectivity index (χ1v) is 11.2. The molecule has 1 N–H and O–H groups in total. The molecule has 0 aromatic heterocycles. The van der Waals surface area contributed by atoms with Crippen LogP contribution in [0.25, 0.3) is 0 Å². The summed E-state index contributed by atoms with van der Waals surface area (Å²) in [5.74, 6) is -2.18. The highest BCUT2D eigenvalue weighted by Crippen LogP contribution is 2.35. The number of amides is 1. The van der Waals surface area contributed by atoms with Crippen molar-refractivity contribution in [2.24, 2.45) is 0 Å². The first-order chi connectivity index (χ1) is 15.3. The molecule has 0 saturated carbocycles. The summed E-state index contributed by atoms with van der Waals surface area (Å²) >= 11 is 0. The van der Waals surface area contributed by atoms with Gasteiger partial charge in [0.25, 0.3) is 15.9 Å². The third kappa shape index (κ3) is 5.10. The van der Waals surface area contributed by atoms with Gasteiger partial charge in [0.05, 0.1) is 24.8 Å². The number of hydrogen-bond donors (Lipinski definition) is 1. The van der Waals surface area contributed by atoms with Crippen molar-refractivity contribution < 1.29 is 36.6 Å². The van der Waals surface area contributed by atoms with Gasteiger partial charge in [-0.25, -0.2) is 17.6 Å². The average Bonchev–Trinajstić information content (AvgIpc) is 3.32. The van der Waals surface area contributed by atoms with Crippen LogP contribution in [0.15, 0.2) is 41.3 Å². The molecular formula is C21H23FN2O7S. The number of hydrogen-bond acceptors (Lipinski definition) is 7. The Kier molecular flexibility index (Phi) is 7.18. The van der Waals surface area contributed by atoms with E-state index >= 15 is 0 Å². The zero-order valence-electron chi connectivity index (χ0n) is 17.6. The molecule has 2 aromatic carbocycles. The third-order valence-corrected chi connectivity index (χ3v) is 6.23. The summed E-state index contributed by atoms with van der Waals surface area (Å²) in [6.07, 6.45) is 1.78. The van der Waals surface area contributed by atoms with Crippen LogP contribution >= 0.6 is 0 Å². The van der Waals surface area contributed by atoms with E-state index in [0.29, 0.717) is 13.1 Å². The number of rotatable bonds is 8. The van der Waals surface area contributed by atoms with E-state index in [4.69, 9.17) is 14.2 Å². The molecule has 1 heterocycles. The van der Waals surface area contributed by atoms with Gasteiger partial charge in [-0.1, -0.05) is 12.1 Å². The minimum atomic E-state index is -4.30. The van der Waals surface area contributed by atoms with Gasteiger partial charge in [0.15, 0.2) is 18.1 Å². The summed E-state index contributed by atoms with van der Waals surface area (Å²) in [5, 5.41) is 0. The molecule has 1 amide bonds. The molecule has 0 unspecified atom stereocenters. The zero-order valence-corrected chi connectivity index (χ0v) is 18.4. The quantitative estimate of drug-likeness (QED) is 0.595. The maximum absolute atomic E-state index is 13.9. The lowest BCUT2D eigenvalue weighted by molar-refractivity contribution is -0.133. The molecule has 1 aliphatic heterocycles. The van der Waals surface area contributed by atoms with Gasteiger partial charge in [-0.3, -0.25) is 9.52 Å². The monoisotopic (exact) mass is 466 g/mol. The Labute approximate surface area is 185 Å². The number of esters is 1. The van der Waals surface area contributed by atoms with Crippen LogP contribution in [0, 0.1) is 5.82 Å². The molecule has 0 spiro atoms. The Bertz CT molecular complexity index is 1120. The topological polar surface area (TPSA) is 111 Å². The molecule has 1 saturated heterocycles. The van der Waals surface area contributed by atoms with Crippen LogP contribution < -0.4 is 14.2 Å². The first-order valence-electron chi connectivity index (χ1n) is 9.75. The largest absolute Gasteiger partial charge is 0.493 e. The molecule has 172 valence electrons. The van der Waals surface area contributed by atoms with E-state index in [1.165, 1.54) is 32.4 Å². The normalized spacial score (nSPS) is 13.5. The number of carbonyl (C=O) groups is 2. The number of halogens is 1. The minimum absolute atomic E-state index is 0.0540. The van der Waals surface area contributed by atoms with Gasteiger partial charge in [-0.15, -0.1) is 0 Å². The Hall–Kier alpha value is -3.34. The van der Waals surface area contributed by atoms with E-state index in [0.717, 1.165) is 31.0 Å². The summed E-state index contributed by atoms with van der Waals surface area (Å²) in [6, 6.07) is 7.40. The van der Waals surface area contributed by atoms with Crippen LogP contribution in [0.1, 0.15) is 23.2 Å². The number of methoxy groups -OCH3 is 2. The molecule has 0 aliphatic carbocycles. The molecule has 0 atom stereocenters. The van der Waals surface area contributed by atoms with Crippen LogP contribution in [0.5, 0.6) is 11.5 Å². The van der Waals surface area contributed by atoms with Gasteiger partial charge >= 0.3 is 5.97 Å². The van der Waals surface area contributed by atoms with Crippen LogP contribution in [-0.4, -0.2) is 59.1 Å². The van der Waals surface area contributed by atoms with E-state index < -0.39 is 28.4 Å². The number of nitrogens with zero attached hydrogens (tertiary/aromatic N) is 1. The predicted octanol–water partition coefficient (Wildman–Crippen LogP) is 2.42. The third-order valence-electron chi connectivity index (χ3n) is 4.89. The van der Waals surface area contributed by atoms with Crippen LogP contribution in [0.4, 0.5) is 10.1 Å². The number of ether oxygens (including phenoxy) is 3. The summed E-state index contributed by atoms with van der Waals surface area (Å²) in [4.78, 5) is 26.1. The Morgan fingerprint density at radius 1 is 1.09 bits per heavy atom. The van der Waals surface area contributed by atoms with E-state index in [1.807, 2.05) is 0 Å². The van der Waals surface area contributed by atoms with Crippen molar-refractivity contribution >= 4 is 27.6 Å². The van der Waals surface area contributed by atoms with E-state index in [2.05, 4.69) is 4.72 Å². The van der Waals surface area contributed by atoms with Crippen molar-refractivity contribution in [1.29, 1.82) is 0 Å². The number of anilines is 1. The highest BCUT2D eigenvalue weighted by Gasteiger charge is 2.27. The average molecular weight is 466 g/mol. The van der Waals surface area contributed by atoms with E-state index in [9.17, 15) is 22.4 Å².